The van der Waals surface area contributed by atoms with Crippen molar-refractivity contribution in [3.8, 4) is 17.0 Å². The second kappa shape index (κ2) is 7.74. The Morgan fingerprint density at radius 1 is 1.11 bits per heavy atom. The first-order valence-corrected chi connectivity index (χ1v) is 8.40. The van der Waals surface area contributed by atoms with Gasteiger partial charge in [0.15, 0.2) is 5.82 Å². The number of phenolic OH excluding ortho intramolecular Hbond substituents is 1. The van der Waals surface area contributed by atoms with Gasteiger partial charge in [0.1, 0.15) is 5.75 Å². The van der Waals surface area contributed by atoms with E-state index in [1.807, 2.05) is 18.0 Å². The van der Waals surface area contributed by atoms with Crippen molar-refractivity contribution in [2.24, 2.45) is 0 Å². The molecule has 1 aromatic heterocycles. The second-order valence-electron chi connectivity index (χ2n) is 6.19. The maximum absolute atomic E-state index is 10.9. The van der Waals surface area contributed by atoms with Crippen LogP contribution in [0.25, 0.3) is 11.3 Å². The van der Waals surface area contributed by atoms with Crippen molar-refractivity contribution in [2.75, 3.05) is 24.2 Å². The Bertz CT molecular complexity index is 958. The summed E-state index contributed by atoms with van der Waals surface area (Å²) < 4.78 is 0. The fraction of sp³-hybridized carbons (Fsp3) is 0.150. The molecule has 3 rings (SSSR count). The van der Waals surface area contributed by atoms with Crippen LogP contribution < -0.4 is 10.6 Å². The number of likely N-dealkylation sites (N-methyl/N-ethyl adjacent to an activating group) is 1. The number of anilines is 2. The maximum Gasteiger partial charge on any atom is 0.335 e. The normalized spacial score (nSPS) is 10.6. The summed E-state index contributed by atoms with van der Waals surface area (Å²) >= 11 is 0. The Morgan fingerprint density at radius 2 is 1.81 bits per heavy atom. The third-order valence-corrected chi connectivity index (χ3v) is 4.33. The van der Waals surface area contributed by atoms with Gasteiger partial charge in [-0.25, -0.2) is 4.79 Å². The molecule has 0 aliphatic heterocycles. The zero-order chi connectivity index (χ0) is 19.4. The zero-order valence-electron chi connectivity index (χ0n) is 14.8. The minimum absolute atomic E-state index is 0.128. The van der Waals surface area contributed by atoms with Gasteiger partial charge in [-0.1, -0.05) is 24.3 Å². The van der Waals surface area contributed by atoms with E-state index in [9.17, 15) is 9.90 Å². The number of rotatable bonds is 6. The predicted octanol–water partition coefficient (Wildman–Crippen LogP) is 2.81. The van der Waals surface area contributed by atoms with Gasteiger partial charge in [0.25, 0.3) is 0 Å². The summed E-state index contributed by atoms with van der Waals surface area (Å²) in [5.41, 5.74) is 9.11. The number of para-hydroxylation sites is 1. The fourth-order valence-corrected chi connectivity index (χ4v) is 2.75. The number of phenols is 1. The largest absolute Gasteiger partial charge is 0.507 e. The van der Waals surface area contributed by atoms with E-state index in [1.54, 1.807) is 48.5 Å². The number of nitrogen functional groups attached to an aromatic ring is 1. The number of aromatic hydroxyl groups is 1. The van der Waals surface area contributed by atoms with Crippen LogP contribution >= 0.6 is 0 Å². The minimum atomic E-state index is -0.939. The predicted molar refractivity (Wildman–Crippen MR) is 104 cm³/mol. The van der Waals surface area contributed by atoms with Crippen molar-refractivity contribution < 1.29 is 15.0 Å². The number of nitrogens with zero attached hydrogens (tertiary/aromatic N) is 3. The number of aromatic carboxylic acids is 1. The number of carbonyl (C=O) groups is 1. The summed E-state index contributed by atoms with van der Waals surface area (Å²) in [5, 5.41) is 27.1. The van der Waals surface area contributed by atoms with Crippen LogP contribution in [0.15, 0.2) is 54.6 Å². The van der Waals surface area contributed by atoms with Gasteiger partial charge in [0, 0.05) is 19.2 Å². The van der Waals surface area contributed by atoms with Crippen LogP contribution in [-0.4, -0.2) is 40.0 Å². The van der Waals surface area contributed by atoms with E-state index in [1.165, 1.54) is 0 Å². The molecule has 0 aliphatic rings. The van der Waals surface area contributed by atoms with E-state index in [0.29, 0.717) is 35.7 Å². The molecule has 0 aliphatic carbocycles. The molecule has 1 heterocycles. The van der Waals surface area contributed by atoms with Crippen molar-refractivity contribution in [3.63, 3.8) is 0 Å². The summed E-state index contributed by atoms with van der Waals surface area (Å²) in [6.45, 7) is 0.655. The van der Waals surface area contributed by atoms with Gasteiger partial charge in [-0.2, -0.15) is 0 Å². The van der Waals surface area contributed by atoms with Crippen molar-refractivity contribution in [3.05, 3.63) is 65.7 Å². The maximum atomic E-state index is 10.9. The molecule has 0 unspecified atom stereocenters. The molecule has 0 amide bonds. The molecule has 0 saturated heterocycles. The molecule has 0 saturated carbocycles. The highest BCUT2D eigenvalue weighted by atomic mass is 16.4. The van der Waals surface area contributed by atoms with E-state index >= 15 is 0 Å². The van der Waals surface area contributed by atoms with Crippen LogP contribution in [-0.2, 0) is 6.42 Å². The Kier molecular flexibility index (Phi) is 5.21. The summed E-state index contributed by atoms with van der Waals surface area (Å²) in [6.07, 6.45) is 0.712. The number of benzene rings is 2. The highest BCUT2D eigenvalue weighted by molar-refractivity contribution is 5.87. The lowest BCUT2D eigenvalue weighted by atomic mass is 10.1. The first kappa shape index (κ1) is 18.2. The summed E-state index contributed by atoms with van der Waals surface area (Å²) in [6, 6.07) is 15.5. The molecule has 0 radical (unpaired) electrons. The molecular weight excluding hydrogens is 344 g/mol. The average Bonchev–Trinajstić information content (AvgIpc) is 2.67. The lowest BCUT2D eigenvalue weighted by Gasteiger charge is -2.21. The quantitative estimate of drug-likeness (QED) is 0.616. The molecule has 0 atom stereocenters. The third-order valence-electron chi connectivity index (χ3n) is 4.33. The van der Waals surface area contributed by atoms with Gasteiger partial charge in [0.2, 0.25) is 0 Å². The number of hydrogen-bond donors (Lipinski definition) is 3. The topological polar surface area (TPSA) is 113 Å². The first-order chi connectivity index (χ1) is 13.0. The standard InChI is InChI=1S/C20H20N4O3/c1-24(11-10-13-6-8-14(9-7-13)20(26)27)17-12-16(22-23-19(17)21)15-4-2-3-5-18(15)25/h2-9,12,25H,10-11H2,1H3,(H2,21,23)(H,26,27). The van der Waals surface area contributed by atoms with Crippen LogP contribution in [0.5, 0.6) is 5.75 Å². The monoisotopic (exact) mass is 364 g/mol. The van der Waals surface area contributed by atoms with Crippen LogP contribution in [0.1, 0.15) is 15.9 Å². The van der Waals surface area contributed by atoms with Gasteiger partial charge in [-0.05, 0) is 42.3 Å². The van der Waals surface area contributed by atoms with Gasteiger partial charge < -0.3 is 20.8 Å². The SMILES string of the molecule is CN(CCc1ccc(C(=O)O)cc1)c1cc(-c2ccccc2O)nnc1N. The van der Waals surface area contributed by atoms with E-state index < -0.39 is 5.97 Å². The fourth-order valence-electron chi connectivity index (χ4n) is 2.75. The van der Waals surface area contributed by atoms with E-state index in [2.05, 4.69) is 10.2 Å². The molecule has 27 heavy (non-hydrogen) atoms. The van der Waals surface area contributed by atoms with Crippen LogP contribution in [0, 0.1) is 0 Å². The van der Waals surface area contributed by atoms with Gasteiger partial charge in [-0.3, -0.25) is 0 Å². The van der Waals surface area contributed by atoms with E-state index in [4.69, 9.17) is 10.8 Å². The molecule has 4 N–H and O–H groups in total. The number of carboxylic acid groups (broad SMARTS) is 1. The van der Waals surface area contributed by atoms with Gasteiger partial charge >= 0.3 is 5.97 Å². The number of aromatic nitrogens is 2. The van der Waals surface area contributed by atoms with Crippen molar-refractivity contribution in [1.82, 2.24) is 10.2 Å². The molecule has 138 valence electrons. The molecule has 0 fully saturated rings. The number of hydrogen-bond acceptors (Lipinski definition) is 6. The van der Waals surface area contributed by atoms with Gasteiger partial charge in [-0.15, -0.1) is 10.2 Å². The highest BCUT2D eigenvalue weighted by Crippen LogP contribution is 2.30. The van der Waals surface area contributed by atoms with Gasteiger partial charge in [0.05, 0.1) is 16.9 Å². The molecular formula is C20H20N4O3. The van der Waals surface area contributed by atoms with Crippen LogP contribution in [0.2, 0.25) is 0 Å². The second-order valence-corrected chi connectivity index (χ2v) is 6.19. The summed E-state index contributed by atoms with van der Waals surface area (Å²) in [5.74, 6) is -0.507. The smallest absolute Gasteiger partial charge is 0.335 e. The summed E-state index contributed by atoms with van der Waals surface area (Å²) in [7, 11) is 1.90. The molecule has 3 aromatic rings. The van der Waals surface area contributed by atoms with Crippen molar-refractivity contribution >= 4 is 17.5 Å². The molecule has 7 nitrogen and oxygen atoms in total. The zero-order valence-corrected chi connectivity index (χ0v) is 14.8. The Labute approximate surface area is 156 Å². The summed E-state index contributed by atoms with van der Waals surface area (Å²) in [4.78, 5) is 12.9. The lowest BCUT2D eigenvalue weighted by Crippen LogP contribution is -2.22. The van der Waals surface area contributed by atoms with Crippen LogP contribution in [0.3, 0.4) is 0 Å². The Hall–Kier alpha value is -3.61. The van der Waals surface area contributed by atoms with E-state index in [0.717, 1.165) is 5.56 Å². The first-order valence-electron chi connectivity index (χ1n) is 8.40. The van der Waals surface area contributed by atoms with Crippen LogP contribution in [0.4, 0.5) is 11.5 Å². The molecule has 7 heteroatoms. The van der Waals surface area contributed by atoms with Crippen molar-refractivity contribution in [1.29, 1.82) is 0 Å². The highest BCUT2D eigenvalue weighted by Gasteiger charge is 2.13. The average molecular weight is 364 g/mol. The minimum Gasteiger partial charge on any atom is -0.507 e. The molecule has 0 bridgehead atoms. The van der Waals surface area contributed by atoms with E-state index in [-0.39, 0.29) is 11.3 Å². The Morgan fingerprint density at radius 3 is 2.48 bits per heavy atom. The van der Waals surface area contributed by atoms with Crippen molar-refractivity contribution in [2.45, 2.75) is 6.42 Å². The third kappa shape index (κ3) is 4.14. The number of nitrogens with two attached hydrogens (primary N) is 1. The Balaban J connectivity index is 1.76. The molecule has 0 spiro atoms. The lowest BCUT2D eigenvalue weighted by molar-refractivity contribution is 0.0697. The molecule has 2 aromatic carbocycles. The number of carboxylic acids is 1.